The van der Waals surface area contributed by atoms with Crippen molar-refractivity contribution in [3.8, 4) is 5.75 Å². The molecule has 4 N–H and O–H groups in total. The maximum Gasteiger partial charge on any atom is 0.182 e. The van der Waals surface area contributed by atoms with Crippen molar-refractivity contribution in [2.24, 2.45) is 0 Å². The number of ether oxygens (including phenoxy) is 1. The number of aromatic nitrogens is 2. The molecule has 4 aromatic rings. The Hall–Kier alpha value is -3.76. The molecule has 0 atom stereocenters. The number of sulfone groups is 1. The van der Waals surface area contributed by atoms with Crippen molar-refractivity contribution in [3.63, 3.8) is 0 Å². The Kier molecular flexibility index (Phi) is 7.67. The van der Waals surface area contributed by atoms with Gasteiger partial charge in [-0.3, -0.25) is 0 Å². The van der Waals surface area contributed by atoms with Crippen LogP contribution in [0.25, 0.3) is 11.0 Å². The van der Waals surface area contributed by atoms with Crippen LogP contribution in [-0.4, -0.2) is 54.5 Å². The molecule has 206 valence electrons. The summed E-state index contributed by atoms with van der Waals surface area (Å²) in [4.78, 5) is 10.4. The summed E-state index contributed by atoms with van der Waals surface area (Å²) >= 11 is 0. The zero-order valence-electron chi connectivity index (χ0n) is 22.4. The predicted molar refractivity (Wildman–Crippen MR) is 156 cm³/mol. The van der Waals surface area contributed by atoms with E-state index in [-0.39, 0.29) is 11.0 Å². The van der Waals surface area contributed by atoms with Crippen LogP contribution in [0.3, 0.4) is 0 Å². The van der Waals surface area contributed by atoms with Gasteiger partial charge in [-0.15, -0.1) is 0 Å². The van der Waals surface area contributed by atoms with Crippen LogP contribution in [0.4, 0.5) is 28.6 Å². The van der Waals surface area contributed by atoms with Crippen LogP contribution in [-0.2, 0) is 9.84 Å². The number of H-pyrrole nitrogens is 1. The average molecular weight is 550 g/mol. The number of anilines is 5. The quantitative estimate of drug-likeness (QED) is 0.213. The number of fused-ring (bicyclic) bond motifs is 1. The molecule has 0 radical (unpaired) electrons. The smallest absolute Gasteiger partial charge is 0.182 e. The normalized spacial score (nSPS) is 14.6. The third kappa shape index (κ3) is 5.67. The second-order valence-corrected chi connectivity index (χ2v) is 12.4. The Morgan fingerprint density at radius 1 is 1.05 bits per heavy atom. The first-order chi connectivity index (χ1) is 18.8. The summed E-state index contributed by atoms with van der Waals surface area (Å²) in [5.74, 6) is 1.28. The molecule has 0 bridgehead atoms. The van der Waals surface area contributed by atoms with Crippen molar-refractivity contribution in [1.29, 1.82) is 0 Å². The molecular weight excluding hydrogens is 514 g/mol. The molecule has 39 heavy (non-hydrogen) atoms. The van der Waals surface area contributed by atoms with E-state index in [1.54, 1.807) is 38.2 Å². The van der Waals surface area contributed by atoms with Crippen molar-refractivity contribution in [2.45, 2.75) is 49.9 Å². The average Bonchev–Trinajstić information content (AvgIpc) is 3.39. The van der Waals surface area contributed by atoms with E-state index < -0.39 is 15.1 Å². The molecule has 0 amide bonds. The Labute approximate surface area is 229 Å². The summed E-state index contributed by atoms with van der Waals surface area (Å²) < 4.78 is 32.0. The number of piperidine rings is 1. The van der Waals surface area contributed by atoms with Gasteiger partial charge in [-0.25, -0.2) is 13.4 Å². The van der Waals surface area contributed by atoms with Crippen molar-refractivity contribution in [1.82, 2.24) is 9.97 Å². The predicted octanol–water partition coefficient (Wildman–Crippen LogP) is 5.59. The molecule has 0 saturated carbocycles. The number of aliphatic hydroxyl groups excluding tert-OH is 1. The minimum absolute atomic E-state index is 0.234. The van der Waals surface area contributed by atoms with Crippen molar-refractivity contribution >= 4 is 49.4 Å². The zero-order valence-corrected chi connectivity index (χ0v) is 23.3. The number of benzene rings is 2. The van der Waals surface area contributed by atoms with Gasteiger partial charge in [0.1, 0.15) is 17.2 Å². The number of rotatable bonds is 9. The summed E-state index contributed by atoms with van der Waals surface area (Å²) in [5.41, 5.74) is 3.71. The molecule has 0 spiro atoms. The van der Waals surface area contributed by atoms with Gasteiger partial charge in [0.2, 0.25) is 0 Å². The van der Waals surface area contributed by atoms with Gasteiger partial charge in [-0.2, -0.15) is 0 Å². The van der Waals surface area contributed by atoms with Gasteiger partial charge in [-0.05, 0) is 63.9 Å². The molecule has 9 nitrogen and oxygen atoms in total. The highest BCUT2D eigenvalue weighted by atomic mass is 32.2. The third-order valence-electron chi connectivity index (χ3n) is 6.97. The first kappa shape index (κ1) is 26.8. The lowest BCUT2D eigenvalue weighted by Gasteiger charge is -2.32. The van der Waals surface area contributed by atoms with Gasteiger partial charge >= 0.3 is 0 Å². The maximum absolute atomic E-state index is 13.0. The van der Waals surface area contributed by atoms with E-state index in [0.29, 0.717) is 29.5 Å². The lowest BCUT2D eigenvalue weighted by atomic mass is 10.1. The maximum atomic E-state index is 13.0. The topological polar surface area (TPSA) is 120 Å². The number of aliphatic hydroxyl groups is 1. The third-order valence-corrected chi connectivity index (χ3v) is 9.18. The van der Waals surface area contributed by atoms with E-state index in [9.17, 15) is 13.5 Å². The molecule has 0 unspecified atom stereocenters. The minimum atomic E-state index is -3.49. The van der Waals surface area contributed by atoms with Gasteiger partial charge in [0, 0.05) is 42.5 Å². The molecule has 2 aromatic heterocycles. The summed E-state index contributed by atoms with van der Waals surface area (Å²) in [6.07, 6.45) is 3.07. The fraction of sp³-hybridized carbons (Fsp3) is 0.345. The van der Waals surface area contributed by atoms with Crippen LogP contribution in [0.15, 0.2) is 65.7 Å². The minimum Gasteiger partial charge on any atom is -0.492 e. The molecule has 1 aliphatic heterocycles. The molecule has 3 heterocycles. The SMILES string of the molecule is CCOc1cc(N2CCC(O)CC2)ccc1Nc1cc(Nc2ccccc2S(=O)(=O)C(C)C)c2cc[nH]c2n1. The number of hydrogen-bond donors (Lipinski definition) is 4. The Morgan fingerprint density at radius 2 is 1.82 bits per heavy atom. The number of nitrogens with zero attached hydrogens (tertiary/aromatic N) is 2. The Bertz CT molecular complexity index is 1560. The van der Waals surface area contributed by atoms with Crippen LogP contribution in [0, 0.1) is 0 Å². The molecule has 0 aliphatic carbocycles. The van der Waals surface area contributed by atoms with Crippen molar-refractivity contribution in [2.75, 3.05) is 35.2 Å². The highest BCUT2D eigenvalue weighted by Crippen LogP contribution is 2.36. The molecule has 1 aliphatic rings. The summed E-state index contributed by atoms with van der Waals surface area (Å²) in [6, 6.07) is 16.8. The first-order valence-corrected chi connectivity index (χ1v) is 14.9. The standard InChI is InChI=1S/C29H35N5O4S/c1-4-38-26-17-20(34-15-12-21(35)13-16-34)9-10-23(26)32-28-18-25(22-11-14-30-29(22)33-28)31-24-7-5-6-8-27(24)39(36,37)19(2)3/h5-11,14,17-19,21,35H,4,12-13,15-16H2,1-3H3,(H3,30,31,32,33). The van der Waals surface area contributed by atoms with Gasteiger partial charge in [0.15, 0.2) is 9.84 Å². The van der Waals surface area contributed by atoms with Crippen molar-refractivity contribution in [3.05, 3.63) is 60.8 Å². The van der Waals surface area contributed by atoms with E-state index in [1.807, 2.05) is 43.3 Å². The lowest BCUT2D eigenvalue weighted by Crippen LogP contribution is -2.35. The van der Waals surface area contributed by atoms with Gasteiger partial charge in [0.05, 0.1) is 39.9 Å². The highest BCUT2D eigenvalue weighted by molar-refractivity contribution is 7.92. The molecule has 1 saturated heterocycles. The van der Waals surface area contributed by atoms with Crippen LogP contribution in [0.1, 0.15) is 33.6 Å². The molecule has 1 fully saturated rings. The Balaban J connectivity index is 1.48. The number of nitrogens with one attached hydrogen (secondary N) is 3. The van der Waals surface area contributed by atoms with Crippen LogP contribution >= 0.6 is 0 Å². The summed E-state index contributed by atoms with van der Waals surface area (Å²) in [5, 5.41) is 16.9. The van der Waals surface area contributed by atoms with Crippen molar-refractivity contribution < 1.29 is 18.3 Å². The fourth-order valence-corrected chi connectivity index (χ4v) is 5.97. The zero-order chi connectivity index (χ0) is 27.6. The fourth-order valence-electron chi connectivity index (χ4n) is 4.77. The Morgan fingerprint density at radius 3 is 2.56 bits per heavy atom. The van der Waals surface area contributed by atoms with Crippen LogP contribution in [0.5, 0.6) is 5.75 Å². The van der Waals surface area contributed by atoms with Gasteiger partial charge in [-0.1, -0.05) is 12.1 Å². The molecule has 2 aromatic carbocycles. The summed E-state index contributed by atoms with van der Waals surface area (Å²) in [6.45, 7) is 7.41. The van der Waals surface area contributed by atoms with Gasteiger partial charge < -0.3 is 30.4 Å². The summed E-state index contributed by atoms with van der Waals surface area (Å²) in [7, 11) is -3.49. The number of hydrogen-bond acceptors (Lipinski definition) is 8. The van der Waals surface area contributed by atoms with Gasteiger partial charge in [0.25, 0.3) is 0 Å². The highest BCUT2D eigenvalue weighted by Gasteiger charge is 2.23. The second-order valence-electron chi connectivity index (χ2n) is 9.97. The molecular formula is C29H35N5O4S. The molecule has 10 heteroatoms. The number of pyridine rings is 1. The van der Waals surface area contributed by atoms with E-state index in [0.717, 1.165) is 48.4 Å². The van der Waals surface area contributed by atoms with E-state index in [2.05, 4.69) is 20.5 Å². The lowest BCUT2D eigenvalue weighted by molar-refractivity contribution is 0.145. The van der Waals surface area contributed by atoms with E-state index in [4.69, 9.17) is 9.72 Å². The van der Waals surface area contributed by atoms with E-state index in [1.165, 1.54) is 0 Å². The number of para-hydroxylation sites is 1. The molecule has 5 rings (SSSR count). The number of aromatic amines is 1. The first-order valence-electron chi connectivity index (χ1n) is 13.3. The largest absolute Gasteiger partial charge is 0.492 e. The monoisotopic (exact) mass is 549 g/mol. The van der Waals surface area contributed by atoms with Crippen LogP contribution in [0.2, 0.25) is 0 Å². The van der Waals surface area contributed by atoms with E-state index >= 15 is 0 Å². The second kappa shape index (κ2) is 11.2. The van der Waals surface area contributed by atoms with Crippen LogP contribution < -0.4 is 20.3 Å².